The van der Waals surface area contributed by atoms with E-state index in [9.17, 15) is 0 Å². The summed E-state index contributed by atoms with van der Waals surface area (Å²) < 4.78 is 147. The third kappa shape index (κ3) is 13.3. The van der Waals surface area contributed by atoms with Crippen molar-refractivity contribution in [1.29, 1.82) is 0 Å². The predicted octanol–water partition coefficient (Wildman–Crippen LogP) is 36.7. The molecule has 0 aliphatic rings. The third-order valence-electron chi connectivity index (χ3n) is 25.8. The van der Waals surface area contributed by atoms with Gasteiger partial charge in [-0.3, -0.25) is 0 Å². The molecule has 0 fully saturated rings. The molecule has 27 aromatic rings. The highest BCUT2D eigenvalue weighted by Crippen LogP contribution is 2.51. The van der Waals surface area contributed by atoms with Crippen molar-refractivity contribution in [2.45, 2.75) is 0 Å². The summed E-state index contributed by atoms with van der Waals surface area (Å²) in [5, 5.41) is 21.4. The van der Waals surface area contributed by atoms with E-state index in [-0.39, 0.29) is 89.2 Å². The SMILES string of the molecule is [2H]c1c([2H])c([2H])c(-c2c3ccccc3c(-c3ccc4oc5cc(-c6cccc(-c7ccc8ccccc8c7)c6)ccc5c4c3)c3ccccc23)c([2H])c1[2H].[2H]c1c([2H])c([2H])c(-c2c3ccccc3c(-c3ccc4oc5ccc(-c6ccccc6)cc5c4c3)c3ccccc23)c([2H])c1[2H].[2H]c1c([2H])c([2H])c(-c2c3ccccc3c(-c3ccc4oc5cccc(-c6cccc7ccccc67)c5c4c3)c3ccccc23)c([2H])c1[2H]. The minimum Gasteiger partial charge on any atom is -0.456 e. The monoisotopic (exact) mass is 1680 g/mol. The summed E-state index contributed by atoms with van der Waals surface area (Å²) >= 11 is 0. The fourth-order valence-corrected chi connectivity index (χ4v) is 20.0. The molecule has 27 rings (SSSR count). The standard InChI is InChI=1S/C48H30O.C42H26O.C38H24O/c1-2-12-32(13-3-1)47-40-17-6-8-19-42(40)48(43-20-9-7-18-41(43)47)38-24-26-45-44(29-38)39-25-23-37(30-46(39)49-45)35-16-10-15-34(28-35)36-22-21-31-11-4-5-14-33(31)27-36;1-2-13-28(14-3-1)40-33-17-6-8-19-35(33)41(36-20-9-7-18-34(36)40)29-24-25-38-37(26-29)42-32(22-11-23-39(42)43-38)31-21-10-15-27-12-4-5-16-30(27)31;1-3-11-25(12-4-1)27-19-21-35-33(23-27)34-24-28(20-22-36(34)39-35)38-31-17-9-7-15-29(31)37(26-13-5-2-6-14-26)30-16-8-10-18-32(30)38/h1-30H;1-26H;1-24H/i1D,2D,3D,12D,13D;1D,2D,3D,13D,14D;2D,5D,6D,13D,14D. The molecule has 0 aliphatic heterocycles. The quantitative estimate of drug-likeness (QED) is 0.128. The molecule has 0 N–H and O–H groups in total. The minimum atomic E-state index is -0.402. The van der Waals surface area contributed by atoms with Crippen molar-refractivity contribution in [2.24, 2.45) is 0 Å². The number of hydrogen-bond acceptors (Lipinski definition) is 3. The van der Waals surface area contributed by atoms with Gasteiger partial charge in [-0.15, -0.1) is 0 Å². The Bertz CT molecular complexity index is 9990. The second kappa shape index (κ2) is 32.0. The molecule has 0 saturated heterocycles. The lowest BCUT2D eigenvalue weighted by molar-refractivity contribution is 0.668. The van der Waals surface area contributed by atoms with Crippen LogP contribution in [-0.2, 0) is 0 Å². The zero-order chi connectivity index (χ0) is 99.5. The van der Waals surface area contributed by atoms with Crippen LogP contribution in [-0.4, -0.2) is 0 Å². The van der Waals surface area contributed by atoms with Gasteiger partial charge in [0, 0.05) is 32.3 Å². The predicted molar refractivity (Wildman–Crippen MR) is 556 cm³/mol. The zero-order valence-electron chi connectivity index (χ0n) is 85.3. The maximum absolute atomic E-state index is 8.85. The van der Waals surface area contributed by atoms with E-state index in [1.54, 1.807) is 0 Å². The molecular weight excluding hydrogens is 1590 g/mol. The van der Waals surface area contributed by atoms with Crippen LogP contribution in [0.15, 0.2) is 498 Å². The topological polar surface area (TPSA) is 39.4 Å². The van der Waals surface area contributed by atoms with E-state index >= 15 is 0 Å². The van der Waals surface area contributed by atoms with Crippen molar-refractivity contribution >= 4 is 152 Å². The maximum atomic E-state index is 8.85. The lowest BCUT2D eigenvalue weighted by Crippen LogP contribution is -1.90. The first-order valence-corrected chi connectivity index (χ1v) is 43.7. The van der Waals surface area contributed by atoms with Gasteiger partial charge in [0.05, 0.1) is 20.6 Å². The first kappa shape index (κ1) is 62.0. The van der Waals surface area contributed by atoms with Crippen molar-refractivity contribution in [3.63, 3.8) is 0 Å². The Morgan fingerprint density at radius 2 is 0.435 bits per heavy atom. The van der Waals surface area contributed by atoms with Crippen LogP contribution in [0.5, 0.6) is 0 Å². The zero-order valence-corrected chi connectivity index (χ0v) is 70.3. The molecule has 0 unspecified atom stereocenters. The van der Waals surface area contributed by atoms with Crippen LogP contribution >= 0.6 is 0 Å². The van der Waals surface area contributed by atoms with Crippen molar-refractivity contribution in [3.05, 3.63) is 485 Å². The Balaban J connectivity index is 0.000000115. The maximum Gasteiger partial charge on any atom is 0.136 e. The largest absolute Gasteiger partial charge is 0.456 e. The van der Waals surface area contributed by atoms with Crippen LogP contribution < -0.4 is 0 Å². The van der Waals surface area contributed by atoms with E-state index in [1.807, 2.05) is 188 Å². The van der Waals surface area contributed by atoms with Crippen molar-refractivity contribution in [3.8, 4) is 111 Å². The summed E-state index contributed by atoms with van der Waals surface area (Å²) in [4.78, 5) is 0. The molecule has 3 nitrogen and oxygen atoms in total. The van der Waals surface area contributed by atoms with Gasteiger partial charge in [0.25, 0.3) is 0 Å². The highest BCUT2D eigenvalue weighted by atomic mass is 16.3. The van der Waals surface area contributed by atoms with Crippen LogP contribution in [0.3, 0.4) is 0 Å². The van der Waals surface area contributed by atoms with Gasteiger partial charge in [0.1, 0.15) is 33.5 Å². The fraction of sp³-hybridized carbons (Fsp3) is 0. The highest BCUT2D eigenvalue weighted by molar-refractivity contribution is 6.27. The molecule has 3 heteroatoms. The molecule has 610 valence electrons. The third-order valence-corrected chi connectivity index (χ3v) is 25.8. The van der Waals surface area contributed by atoms with Gasteiger partial charge >= 0.3 is 0 Å². The second-order valence-electron chi connectivity index (χ2n) is 33.1. The Labute approximate surface area is 777 Å². The van der Waals surface area contributed by atoms with E-state index < -0.39 is 18.1 Å². The molecule has 3 aromatic heterocycles. The Morgan fingerprint density at radius 1 is 0.137 bits per heavy atom. The number of hydrogen-bond donors (Lipinski definition) is 0. The summed E-state index contributed by atoms with van der Waals surface area (Å²) in [6.07, 6.45) is 0. The van der Waals surface area contributed by atoms with Crippen molar-refractivity contribution in [1.82, 2.24) is 0 Å². The molecule has 0 spiro atoms. The average molecular weight is 1680 g/mol. The van der Waals surface area contributed by atoms with Gasteiger partial charge < -0.3 is 13.3 Å². The van der Waals surface area contributed by atoms with E-state index in [2.05, 4.69) is 206 Å². The second-order valence-corrected chi connectivity index (χ2v) is 33.1. The molecular formula is C128H80O3. The molecule has 0 saturated carbocycles. The van der Waals surface area contributed by atoms with Gasteiger partial charge in [-0.05, 0) is 276 Å². The fourth-order valence-electron chi connectivity index (χ4n) is 20.0. The van der Waals surface area contributed by atoms with Crippen LogP contribution in [0.2, 0.25) is 0 Å². The summed E-state index contributed by atoms with van der Waals surface area (Å²) in [5.74, 6) is 0. The molecule has 0 radical (unpaired) electrons. The van der Waals surface area contributed by atoms with Gasteiger partial charge in [0.2, 0.25) is 0 Å². The minimum absolute atomic E-state index is 0.204. The summed E-state index contributed by atoms with van der Waals surface area (Å²) in [6.45, 7) is 0. The van der Waals surface area contributed by atoms with Crippen LogP contribution in [0, 0.1) is 0 Å². The van der Waals surface area contributed by atoms with Crippen LogP contribution in [0.4, 0.5) is 0 Å². The lowest BCUT2D eigenvalue weighted by atomic mass is 9.85. The van der Waals surface area contributed by atoms with Crippen LogP contribution in [0.1, 0.15) is 20.6 Å². The Morgan fingerprint density at radius 3 is 0.908 bits per heavy atom. The summed E-state index contributed by atoms with van der Waals surface area (Å²) in [5.41, 5.74) is 22.4. The Kier molecular flexibility index (Phi) is 15.1. The van der Waals surface area contributed by atoms with Gasteiger partial charge in [0.15, 0.2) is 0 Å². The Hall–Kier alpha value is -17.2. The van der Waals surface area contributed by atoms with Gasteiger partial charge in [-0.25, -0.2) is 0 Å². The van der Waals surface area contributed by atoms with E-state index in [4.69, 9.17) is 33.8 Å². The molecule has 0 atom stereocenters. The van der Waals surface area contributed by atoms with Gasteiger partial charge in [-0.1, -0.05) is 406 Å². The first-order valence-electron chi connectivity index (χ1n) is 51.2. The number of rotatable bonds is 10. The van der Waals surface area contributed by atoms with E-state index in [0.29, 0.717) is 16.7 Å². The van der Waals surface area contributed by atoms with Crippen LogP contribution in [0.25, 0.3) is 263 Å². The van der Waals surface area contributed by atoms with Crippen molar-refractivity contribution in [2.75, 3.05) is 0 Å². The molecule has 3 heterocycles. The number of fused-ring (bicyclic) bond motifs is 17. The van der Waals surface area contributed by atoms with E-state index in [1.165, 1.54) is 27.1 Å². The lowest BCUT2D eigenvalue weighted by Gasteiger charge is -2.17. The smallest absolute Gasteiger partial charge is 0.136 e. The highest BCUT2D eigenvalue weighted by Gasteiger charge is 2.25. The molecule has 131 heavy (non-hydrogen) atoms. The molecule has 0 bridgehead atoms. The van der Waals surface area contributed by atoms with Gasteiger partial charge in [-0.2, -0.15) is 0 Å². The average Bonchev–Trinajstić information content (AvgIpc) is 1.38. The molecule has 24 aromatic carbocycles. The molecule has 0 aliphatic carbocycles. The normalized spacial score (nSPS) is 13.3. The molecule has 0 amide bonds. The number of furan rings is 3. The van der Waals surface area contributed by atoms with Crippen molar-refractivity contribution < 1.29 is 33.8 Å². The summed E-state index contributed by atoms with van der Waals surface area (Å²) in [6, 6.07) is 130. The summed E-state index contributed by atoms with van der Waals surface area (Å²) in [7, 11) is 0. The van der Waals surface area contributed by atoms with E-state index in [0.717, 1.165) is 203 Å². The number of benzene rings is 24. The first-order chi connectivity index (χ1) is 71.2.